The van der Waals surface area contributed by atoms with Crippen molar-refractivity contribution in [1.82, 2.24) is 9.21 Å². The van der Waals surface area contributed by atoms with Crippen molar-refractivity contribution in [2.75, 3.05) is 31.2 Å². The summed E-state index contributed by atoms with van der Waals surface area (Å²) < 4.78 is 25.5. The highest BCUT2D eigenvalue weighted by molar-refractivity contribution is 7.89. The molecule has 1 fully saturated rings. The van der Waals surface area contributed by atoms with E-state index in [1.807, 2.05) is 19.9 Å². The fraction of sp³-hybridized carbons (Fsp3) is 0.579. The summed E-state index contributed by atoms with van der Waals surface area (Å²) in [6, 6.07) is 5.28. The Morgan fingerprint density at radius 3 is 2.52 bits per heavy atom. The first-order valence-electron chi connectivity index (χ1n) is 9.29. The Morgan fingerprint density at radius 1 is 1.30 bits per heavy atom. The molecule has 3 rings (SSSR count). The van der Waals surface area contributed by atoms with E-state index in [4.69, 9.17) is 0 Å². The van der Waals surface area contributed by atoms with Gasteiger partial charge in [0.1, 0.15) is 0 Å². The Morgan fingerprint density at radius 2 is 1.93 bits per heavy atom. The number of anilines is 1. The van der Waals surface area contributed by atoms with E-state index in [9.17, 15) is 18.0 Å². The summed E-state index contributed by atoms with van der Waals surface area (Å²) in [5.74, 6) is -0.0703. The quantitative estimate of drug-likeness (QED) is 0.845. The first-order chi connectivity index (χ1) is 12.6. The molecule has 2 heterocycles. The number of hydrogen-bond acceptors (Lipinski definition) is 4. The van der Waals surface area contributed by atoms with E-state index < -0.39 is 15.4 Å². The minimum atomic E-state index is -3.22. The highest BCUT2D eigenvalue weighted by atomic mass is 32.2. The lowest BCUT2D eigenvalue weighted by atomic mass is 9.86. The van der Waals surface area contributed by atoms with Crippen molar-refractivity contribution in [3.63, 3.8) is 0 Å². The van der Waals surface area contributed by atoms with E-state index in [2.05, 4.69) is 5.32 Å². The van der Waals surface area contributed by atoms with Crippen LogP contribution in [0.25, 0.3) is 0 Å². The minimum absolute atomic E-state index is 0.0666. The number of fused-ring (bicyclic) bond motifs is 1. The van der Waals surface area contributed by atoms with Gasteiger partial charge in [0.05, 0.1) is 11.2 Å². The lowest BCUT2D eigenvalue weighted by Gasteiger charge is -2.36. The summed E-state index contributed by atoms with van der Waals surface area (Å²) in [5, 5.41) is 2.85. The van der Waals surface area contributed by atoms with Crippen LogP contribution in [-0.2, 0) is 20.2 Å². The largest absolute Gasteiger partial charge is 0.339 e. The standard InChI is InChI=1S/C19H27N3O4S/c1-5-27(25,26)21(4)14-8-10-22(11-9-14)17(23)13-6-7-15-16(12-13)20-18(24)19(15,2)3/h6-7,12,14H,5,8-11H2,1-4H3,(H,20,24). The Bertz CT molecular complexity index is 871. The first kappa shape index (κ1) is 19.8. The highest BCUT2D eigenvalue weighted by Gasteiger charge is 2.39. The van der Waals surface area contributed by atoms with Crippen LogP contribution in [0.1, 0.15) is 49.5 Å². The maximum absolute atomic E-state index is 12.9. The Balaban J connectivity index is 1.69. The summed E-state index contributed by atoms with van der Waals surface area (Å²) >= 11 is 0. The molecular weight excluding hydrogens is 366 g/mol. The number of likely N-dealkylation sites (tertiary alicyclic amines) is 1. The van der Waals surface area contributed by atoms with Gasteiger partial charge in [0.2, 0.25) is 15.9 Å². The third kappa shape index (κ3) is 3.48. The second-order valence-corrected chi connectivity index (χ2v) is 10.1. The fourth-order valence-corrected chi connectivity index (χ4v) is 4.84. The van der Waals surface area contributed by atoms with Crippen molar-refractivity contribution < 1.29 is 18.0 Å². The van der Waals surface area contributed by atoms with Crippen molar-refractivity contribution in [3.05, 3.63) is 29.3 Å². The van der Waals surface area contributed by atoms with E-state index >= 15 is 0 Å². The number of carbonyl (C=O) groups is 2. The van der Waals surface area contributed by atoms with Crippen molar-refractivity contribution in [2.45, 2.75) is 45.1 Å². The molecule has 0 unspecified atom stereocenters. The molecule has 1 N–H and O–H groups in total. The van der Waals surface area contributed by atoms with Gasteiger partial charge in [0.25, 0.3) is 5.91 Å². The van der Waals surface area contributed by atoms with Crippen molar-refractivity contribution in [3.8, 4) is 0 Å². The van der Waals surface area contributed by atoms with Gasteiger partial charge in [0.15, 0.2) is 0 Å². The third-order valence-electron chi connectivity index (χ3n) is 5.83. The normalized spacial score (nSPS) is 19.9. The molecule has 0 aromatic heterocycles. The molecule has 1 aromatic rings. The molecule has 148 valence electrons. The molecule has 0 spiro atoms. The zero-order chi connectivity index (χ0) is 20.0. The summed E-state index contributed by atoms with van der Waals surface area (Å²) in [4.78, 5) is 26.7. The number of carbonyl (C=O) groups excluding carboxylic acids is 2. The van der Waals surface area contributed by atoms with Gasteiger partial charge in [-0.25, -0.2) is 12.7 Å². The van der Waals surface area contributed by atoms with Gasteiger partial charge in [-0.05, 0) is 51.3 Å². The van der Waals surface area contributed by atoms with Gasteiger partial charge >= 0.3 is 0 Å². The summed E-state index contributed by atoms with van der Waals surface area (Å²) in [6.07, 6.45) is 1.24. The van der Waals surface area contributed by atoms with Crippen molar-refractivity contribution >= 4 is 27.5 Å². The number of rotatable bonds is 4. The number of hydrogen-bond donors (Lipinski definition) is 1. The monoisotopic (exact) mass is 393 g/mol. The fourth-order valence-electron chi connectivity index (χ4n) is 3.77. The van der Waals surface area contributed by atoms with Gasteiger partial charge in [0, 0.05) is 37.4 Å². The van der Waals surface area contributed by atoms with Crippen LogP contribution in [0.15, 0.2) is 18.2 Å². The number of piperidine rings is 1. The number of benzene rings is 1. The van der Waals surface area contributed by atoms with Crippen LogP contribution in [0.3, 0.4) is 0 Å². The van der Waals surface area contributed by atoms with Crippen LogP contribution in [0.5, 0.6) is 0 Å². The number of nitrogens with zero attached hydrogens (tertiary/aromatic N) is 2. The molecule has 0 aliphatic carbocycles. The Labute approximate surface area is 160 Å². The smallest absolute Gasteiger partial charge is 0.253 e. The van der Waals surface area contributed by atoms with Crippen LogP contribution in [-0.4, -0.2) is 61.4 Å². The van der Waals surface area contributed by atoms with Crippen LogP contribution in [0.4, 0.5) is 5.69 Å². The second kappa shape index (κ2) is 6.91. The van der Waals surface area contributed by atoms with Crippen LogP contribution >= 0.6 is 0 Å². The molecule has 0 radical (unpaired) electrons. The number of amides is 2. The lowest BCUT2D eigenvalue weighted by molar-refractivity contribution is -0.119. The Kier molecular flexibility index (Phi) is 5.07. The maximum atomic E-state index is 12.9. The summed E-state index contributed by atoms with van der Waals surface area (Å²) in [7, 11) is -1.60. The zero-order valence-corrected chi connectivity index (χ0v) is 17.1. The Hall–Kier alpha value is -1.93. The van der Waals surface area contributed by atoms with Gasteiger partial charge in [-0.1, -0.05) is 6.07 Å². The summed E-state index contributed by atoms with van der Waals surface area (Å²) in [6.45, 7) is 6.39. The predicted molar refractivity (Wildman–Crippen MR) is 104 cm³/mol. The molecule has 1 saturated heterocycles. The zero-order valence-electron chi connectivity index (χ0n) is 16.3. The predicted octanol–water partition coefficient (Wildman–Crippen LogP) is 1.80. The molecule has 1 aromatic carbocycles. The molecule has 8 heteroatoms. The molecule has 2 amide bonds. The number of sulfonamides is 1. The van der Waals surface area contributed by atoms with Crippen LogP contribution < -0.4 is 5.32 Å². The SMILES string of the molecule is CCS(=O)(=O)N(C)C1CCN(C(=O)c2ccc3c(c2)NC(=O)C3(C)C)CC1. The lowest BCUT2D eigenvalue weighted by Crippen LogP contribution is -2.47. The van der Waals surface area contributed by atoms with Gasteiger partial charge in [-0.2, -0.15) is 0 Å². The van der Waals surface area contributed by atoms with Crippen LogP contribution in [0.2, 0.25) is 0 Å². The molecule has 0 saturated carbocycles. The van der Waals surface area contributed by atoms with E-state index in [-0.39, 0.29) is 23.6 Å². The van der Waals surface area contributed by atoms with E-state index in [0.717, 1.165) is 5.56 Å². The second-order valence-electron chi connectivity index (χ2n) is 7.78. The molecule has 0 atom stereocenters. The van der Waals surface area contributed by atoms with Gasteiger partial charge in [-0.15, -0.1) is 0 Å². The van der Waals surface area contributed by atoms with Crippen LogP contribution in [0, 0.1) is 0 Å². The minimum Gasteiger partial charge on any atom is -0.339 e. The van der Waals surface area contributed by atoms with Gasteiger partial charge < -0.3 is 10.2 Å². The average Bonchev–Trinajstić information content (AvgIpc) is 2.89. The maximum Gasteiger partial charge on any atom is 0.253 e. The molecule has 2 aliphatic rings. The van der Waals surface area contributed by atoms with Crippen molar-refractivity contribution in [1.29, 1.82) is 0 Å². The molecule has 2 aliphatic heterocycles. The average molecular weight is 394 g/mol. The summed E-state index contributed by atoms with van der Waals surface area (Å²) in [5.41, 5.74) is 1.54. The molecular formula is C19H27N3O4S. The first-order valence-corrected chi connectivity index (χ1v) is 10.9. The number of nitrogens with one attached hydrogen (secondary N) is 1. The topological polar surface area (TPSA) is 86.8 Å². The van der Waals surface area contributed by atoms with Gasteiger partial charge in [-0.3, -0.25) is 9.59 Å². The third-order valence-corrected chi connectivity index (χ3v) is 7.73. The van der Waals surface area contributed by atoms with E-state index in [1.165, 1.54) is 4.31 Å². The molecule has 7 nitrogen and oxygen atoms in total. The molecule has 0 bridgehead atoms. The van der Waals surface area contributed by atoms with E-state index in [0.29, 0.717) is 37.2 Å². The van der Waals surface area contributed by atoms with E-state index in [1.54, 1.807) is 31.0 Å². The molecule has 27 heavy (non-hydrogen) atoms. The van der Waals surface area contributed by atoms with Crippen molar-refractivity contribution in [2.24, 2.45) is 0 Å². The highest BCUT2D eigenvalue weighted by Crippen LogP contribution is 2.37.